The van der Waals surface area contributed by atoms with E-state index in [-0.39, 0.29) is 0 Å². The molecule has 1 aromatic heterocycles. The van der Waals surface area contributed by atoms with Crippen molar-refractivity contribution in [3.63, 3.8) is 0 Å². The lowest BCUT2D eigenvalue weighted by Crippen LogP contribution is -2.21. The number of hydrogen-bond donors (Lipinski definition) is 1. The van der Waals surface area contributed by atoms with Crippen LogP contribution in [0.5, 0.6) is 0 Å². The molecule has 0 aliphatic carbocycles. The van der Waals surface area contributed by atoms with Gasteiger partial charge >= 0.3 is 5.97 Å². The van der Waals surface area contributed by atoms with Crippen LogP contribution in [-0.4, -0.2) is 33.5 Å². The van der Waals surface area contributed by atoms with Gasteiger partial charge in [0.05, 0.1) is 29.3 Å². The number of aromatic nitrogens is 3. The first-order valence-corrected chi connectivity index (χ1v) is 9.47. The zero-order valence-corrected chi connectivity index (χ0v) is 16.4. The molecule has 0 saturated carbocycles. The highest BCUT2D eigenvalue weighted by atomic mass is 16.5. The van der Waals surface area contributed by atoms with Crippen LogP contribution in [0.3, 0.4) is 0 Å². The van der Waals surface area contributed by atoms with E-state index in [1.165, 1.54) is 6.07 Å². The fraction of sp³-hybridized carbons (Fsp3) is 0.0870. The van der Waals surface area contributed by atoms with Gasteiger partial charge < -0.3 is 10.1 Å². The van der Waals surface area contributed by atoms with Crippen molar-refractivity contribution < 1.29 is 14.3 Å². The van der Waals surface area contributed by atoms with Gasteiger partial charge in [-0.05, 0) is 48.0 Å². The highest BCUT2D eigenvalue weighted by molar-refractivity contribution is 5.95. The minimum absolute atomic E-state index is 0.339. The van der Waals surface area contributed by atoms with Gasteiger partial charge in [-0.3, -0.25) is 4.79 Å². The largest absolute Gasteiger partial charge is 0.452 e. The van der Waals surface area contributed by atoms with Crippen LogP contribution in [0, 0.1) is 11.3 Å². The van der Waals surface area contributed by atoms with E-state index in [0.717, 1.165) is 16.6 Å². The summed E-state index contributed by atoms with van der Waals surface area (Å²) < 4.78 is 6.86. The Bertz CT molecular complexity index is 1290. The lowest BCUT2D eigenvalue weighted by Gasteiger charge is -2.08. The Morgan fingerprint density at radius 2 is 1.84 bits per heavy atom. The first-order chi connectivity index (χ1) is 15.1. The monoisotopic (exact) mass is 411 g/mol. The molecule has 0 unspecified atom stereocenters. The highest BCUT2D eigenvalue weighted by Gasteiger charge is 2.11. The van der Waals surface area contributed by atoms with E-state index in [1.54, 1.807) is 47.1 Å². The Balaban J connectivity index is 1.33. The van der Waals surface area contributed by atoms with Gasteiger partial charge in [0.25, 0.3) is 5.91 Å². The zero-order valence-electron chi connectivity index (χ0n) is 16.4. The van der Waals surface area contributed by atoms with Gasteiger partial charge in [0.2, 0.25) is 0 Å². The Labute approximate surface area is 177 Å². The molecule has 1 N–H and O–H groups in total. The van der Waals surface area contributed by atoms with Crippen LogP contribution in [0.25, 0.3) is 11.0 Å². The van der Waals surface area contributed by atoms with E-state index in [1.807, 2.05) is 30.3 Å². The molecule has 0 atom stereocenters. The van der Waals surface area contributed by atoms with Gasteiger partial charge in [0.15, 0.2) is 6.61 Å². The van der Waals surface area contributed by atoms with Gasteiger partial charge in [-0.25, -0.2) is 9.48 Å². The maximum Gasteiger partial charge on any atom is 0.338 e. The fourth-order valence-corrected chi connectivity index (χ4v) is 3.03. The van der Waals surface area contributed by atoms with Gasteiger partial charge in [0, 0.05) is 5.69 Å². The third-order valence-electron chi connectivity index (χ3n) is 4.55. The van der Waals surface area contributed by atoms with E-state index in [2.05, 4.69) is 15.6 Å². The summed E-state index contributed by atoms with van der Waals surface area (Å²) in [7, 11) is 0. The van der Waals surface area contributed by atoms with Crippen molar-refractivity contribution in [2.45, 2.75) is 6.54 Å². The summed E-state index contributed by atoms with van der Waals surface area (Å²) in [5, 5.41) is 19.8. The average Bonchev–Trinajstić information content (AvgIpc) is 3.21. The van der Waals surface area contributed by atoms with Gasteiger partial charge in [-0.2, -0.15) is 5.26 Å². The fourth-order valence-electron chi connectivity index (χ4n) is 3.03. The molecular weight excluding hydrogens is 394 g/mol. The maximum absolute atomic E-state index is 12.2. The summed E-state index contributed by atoms with van der Waals surface area (Å²) in [5.41, 5.74) is 3.92. The Morgan fingerprint density at radius 1 is 1.03 bits per heavy atom. The molecule has 0 aliphatic rings. The molecule has 8 heteroatoms. The van der Waals surface area contributed by atoms with Crippen LogP contribution < -0.4 is 5.32 Å². The third kappa shape index (κ3) is 4.74. The number of benzene rings is 3. The highest BCUT2D eigenvalue weighted by Crippen LogP contribution is 2.14. The van der Waals surface area contributed by atoms with Gasteiger partial charge in [0.1, 0.15) is 5.52 Å². The lowest BCUT2D eigenvalue weighted by atomic mass is 10.1. The summed E-state index contributed by atoms with van der Waals surface area (Å²) in [6, 6.07) is 23.0. The first-order valence-electron chi connectivity index (χ1n) is 9.47. The van der Waals surface area contributed by atoms with Crippen LogP contribution in [0.2, 0.25) is 0 Å². The topological polar surface area (TPSA) is 110 Å². The molecule has 1 heterocycles. The number of nitriles is 1. The molecule has 0 radical (unpaired) electrons. The van der Waals surface area contributed by atoms with Gasteiger partial charge in [-0.1, -0.05) is 35.5 Å². The number of rotatable bonds is 6. The lowest BCUT2D eigenvalue weighted by molar-refractivity contribution is -0.119. The minimum atomic E-state index is -0.598. The quantitative estimate of drug-likeness (QED) is 0.488. The molecule has 152 valence electrons. The molecule has 0 bridgehead atoms. The van der Waals surface area contributed by atoms with Crippen LogP contribution in [-0.2, 0) is 16.1 Å². The number of esters is 1. The van der Waals surface area contributed by atoms with Gasteiger partial charge in [-0.15, -0.1) is 5.10 Å². The minimum Gasteiger partial charge on any atom is -0.452 e. The number of carbonyl (C=O) groups is 2. The zero-order chi connectivity index (χ0) is 21.6. The Hall–Kier alpha value is -4.51. The van der Waals surface area contributed by atoms with Crippen LogP contribution >= 0.6 is 0 Å². The van der Waals surface area contributed by atoms with Crippen LogP contribution in [0.15, 0.2) is 72.8 Å². The second-order valence-electron chi connectivity index (χ2n) is 6.75. The second-order valence-corrected chi connectivity index (χ2v) is 6.75. The number of amides is 1. The Morgan fingerprint density at radius 3 is 2.65 bits per heavy atom. The van der Waals surface area contributed by atoms with E-state index in [9.17, 15) is 9.59 Å². The SMILES string of the molecule is N#Cc1cccc(NC(=O)COC(=O)c2ccc(Cn3nnc4ccccc43)cc2)c1. The number of ether oxygens (including phenoxy) is 1. The summed E-state index contributed by atoms with van der Waals surface area (Å²) in [5.74, 6) is -1.09. The van der Waals surface area contributed by atoms with Crippen molar-refractivity contribution >= 4 is 28.6 Å². The van der Waals surface area contributed by atoms with Crippen molar-refractivity contribution in [1.82, 2.24) is 15.0 Å². The Kier molecular flexibility index (Phi) is 5.67. The number of anilines is 1. The molecule has 1 amide bonds. The molecule has 3 aromatic carbocycles. The smallest absolute Gasteiger partial charge is 0.338 e. The molecule has 0 aliphatic heterocycles. The first kappa shape index (κ1) is 19.8. The number of fused-ring (bicyclic) bond motifs is 1. The molecule has 8 nitrogen and oxygen atoms in total. The molecule has 31 heavy (non-hydrogen) atoms. The summed E-state index contributed by atoms with van der Waals surface area (Å²) in [6.45, 7) is 0.0856. The standard InChI is InChI=1S/C23H17N5O3/c24-13-17-4-3-5-19(12-17)25-22(29)15-31-23(30)18-10-8-16(9-11-18)14-28-21-7-2-1-6-20(21)26-27-28/h1-12H,14-15H2,(H,25,29). The average molecular weight is 411 g/mol. The van der Waals surface area contributed by atoms with Crippen molar-refractivity contribution in [3.05, 3.63) is 89.5 Å². The predicted molar refractivity (Wildman–Crippen MR) is 113 cm³/mol. The number of nitrogens with one attached hydrogen (secondary N) is 1. The molecule has 4 aromatic rings. The third-order valence-corrected chi connectivity index (χ3v) is 4.55. The predicted octanol–water partition coefficient (Wildman–Crippen LogP) is 3.15. The molecule has 0 saturated heterocycles. The number of nitrogens with zero attached hydrogens (tertiary/aromatic N) is 4. The molecule has 0 spiro atoms. The summed E-state index contributed by atoms with van der Waals surface area (Å²) in [6.07, 6.45) is 0. The molecular formula is C23H17N5O3. The maximum atomic E-state index is 12.2. The summed E-state index contributed by atoms with van der Waals surface area (Å²) >= 11 is 0. The van der Waals surface area contributed by atoms with E-state index >= 15 is 0 Å². The van der Waals surface area contributed by atoms with Crippen LogP contribution in [0.1, 0.15) is 21.5 Å². The van der Waals surface area contributed by atoms with Crippen LogP contribution in [0.4, 0.5) is 5.69 Å². The van der Waals surface area contributed by atoms with Crippen molar-refractivity contribution in [3.8, 4) is 6.07 Å². The van der Waals surface area contributed by atoms with E-state index in [0.29, 0.717) is 23.4 Å². The molecule has 0 fully saturated rings. The normalized spacial score (nSPS) is 10.4. The number of hydrogen-bond acceptors (Lipinski definition) is 6. The van der Waals surface area contributed by atoms with Crippen molar-refractivity contribution in [2.24, 2.45) is 0 Å². The van der Waals surface area contributed by atoms with E-state index < -0.39 is 18.5 Å². The number of carbonyl (C=O) groups excluding carboxylic acids is 2. The van der Waals surface area contributed by atoms with E-state index in [4.69, 9.17) is 10.00 Å². The molecule has 4 rings (SSSR count). The van der Waals surface area contributed by atoms with Crippen molar-refractivity contribution in [1.29, 1.82) is 5.26 Å². The summed E-state index contributed by atoms with van der Waals surface area (Å²) in [4.78, 5) is 24.2. The second kappa shape index (κ2) is 8.88. The van der Waals surface area contributed by atoms with Crippen molar-refractivity contribution in [2.75, 3.05) is 11.9 Å². The number of para-hydroxylation sites is 1.